The van der Waals surface area contributed by atoms with Gasteiger partial charge in [0.25, 0.3) is 0 Å². The lowest BCUT2D eigenvalue weighted by Crippen LogP contribution is -2.38. The van der Waals surface area contributed by atoms with Crippen LogP contribution in [0.2, 0.25) is 0 Å². The highest BCUT2D eigenvalue weighted by atomic mass is 16.7. The van der Waals surface area contributed by atoms with E-state index in [4.69, 9.17) is 15.9 Å². The first kappa shape index (κ1) is 18.9. The van der Waals surface area contributed by atoms with Crippen molar-refractivity contribution in [3.63, 3.8) is 0 Å². The third-order valence-corrected chi connectivity index (χ3v) is 4.13. The molecule has 0 fully saturated rings. The number of rotatable bonds is 4. The smallest absolute Gasteiger partial charge is 0.414 e. The van der Waals surface area contributed by atoms with Crippen LogP contribution in [0, 0.1) is 17.8 Å². The summed E-state index contributed by atoms with van der Waals surface area (Å²) in [5.41, 5.74) is 1.65. The van der Waals surface area contributed by atoms with Crippen LogP contribution < -0.4 is 0 Å². The second-order valence-electron chi connectivity index (χ2n) is 7.19. The molecule has 5 nitrogen and oxygen atoms in total. The van der Waals surface area contributed by atoms with Crippen molar-refractivity contribution in [2.24, 2.45) is 5.41 Å². The number of hydrogen-bond donors (Lipinski definition) is 0. The fourth-order valence-electron chi connectivity index (χ4n) is 2.82. The molecule has 0 radical (unpaired) electrons. The molecule has 1 aliphatic rings. The summed E-state index contributed by atoms with van der Waals surface area (Å²) < 4.78 is 10.5. The zero-order valence-corrected chi connectivity index (χ0v) is 15.2. The average Bonchev–Trinajstić information content (AvgIpc) is 2.95. The van der Waals surface area contributed by atoms with E-state index < -0.39 is 23.8 Å². The minimum atomic E-state index is -0.976. The molecule has 1 aromatic rings. The predicted octanol–water partition coefficient (Wildman–Crippen LogP) is 3.68. The van der Waals surface area contributed by atoms with Crippen molar-refractivity contribution < 1.29 is 19.1 Å². The van der Waals surface area contributed by atoms with Crippen LogP contribution >= 0.6 is 0 Å². The normalized spacial score (nSPS) is 17.2. The Balaban J connectivity index is 2.07. The Morgan fingerprint density at radius 2 is 2.00 bits per heavy atom. The second-order valence-corrected chi connectivity index (χ2v) is 7.19. The quantitative estimate of drug-likeness (QED) is 0.475. The van der Waals surface area contributed by atoms with Gasteiger partial charge in [-0.1, -0.05) is 30.2 Å². The number of carbonyl (C=O) groups excluding carboxylic acids is 2. The molecule has 0 bridgehead atoms. The summed E-state index contributed by atoms with van der Waals surface area (Å²) in [6, 6.07) is 7.88. The minimum Gasteiger partial charge on any atom is -0.425 e. The van der Waals surface area contributed by atoms with E-state index in [-0.39, 0.29) is 12.6 Å². The summed E-state index contributed by atoms with van der Waals surface area (Å²) >= 11 is 0. The molecule has 1 aliphatic carbocycles. The fourth-order valence-corrected chi connectivity index (χ4v) is 2.82. The van der Waals surface area contributed by atoms with E-state index in [9.17, 15) is 9.59 Å². The fraction of sp³-hybridized carbons (Fsp3) is 0.500. The highest BCUT2D eigenvalue weighted by molar-refractivity contribution is 5.76. The van der Waals surface area contributed by atoms with E-state index in [0.717, 1.165) is 18.4 Å². The number of ether oxygens (including phenoxy) is 2. The number of hydrogen-bond acceptors (Lipinski definition) is 4. The maximum atomic E-state index is 12.6. The third-order valence-electron chi connectivity index (χ3n) is 4.13. The van der Waals surface area contributed by atoms with Gasteiger partial charge < -0.3 is 9.47 Å². The molecule has 0 saturated carbocycles. The number of benzene rings is 1. The Morgan fingerprint density at radius 1 is 1.32 bits per heavy atom. The van der Waals surface area contributed by atoms with Gasteiger partial charge in [-0.05, 0) is 44.7 Å². The van der Waals surface area contributed by atoms with Gasteiger partial charge >= 0.3 is 12.1 Å². The zero-order chi connectivity index (χ0) is 18.6. The number of amides is 1. The average molecular weight is 343 g/mol. The van der Waals surface area contributed by atoms with Gasteiger partial charge in [0, 0.05) is 6.92 Å². The number of fused-ring (bicyclic) bond motifs is 1. The van der Waals surface area contributed by atoms with E-state index >= 15 is 0 Å². The number of carbonyl (C=O) groups is 2. The van der Waals surface area contributed by atoms with Gasteiger partial charge in [-0.15, -0.1) is 6.42 Å². The Hall–Kier alpha value is -2.48. The standard InChI is InChI=1S/C20H25NO4/c1-6-13-21(17-12-11-15-9-7-8-10-16(15)17)19(23)25-14(2)24-18(22)20(3,4)5/h1,7-10,14,17H,11-13H2,2-5H3/t14?,17-/m1/s1. The molecule has 2 rings (SSSR count). The molecule has 1 aromatic carbocycles. The van der Waals surface area contributed by atoms with Crippen LogP contribution in [0.15, 0.2) is 24.3 Å². The van der Waals surface area contributed by atoms with Gasteiger partial charge in [0.1, 0.15) is 0 Å². The molecule has 1 unspecified atom stereocenters. The number of aryl methyl sites for hydroxylation is 1. The van der Waals surface area contributed by atoms with Crippen molar-refractivity contribution in [2.75, 3.05) is 6.54 Å². The van der Waals surface area contributed by atoms with Crippen LogP contribution in [0.5, 0.6) is 0 Å². The Bertz CT molecular complexity index is 684. The molecule has 2 atom stereocenters. The molecule has 25 heavy (non-hydrogen) atoms. The molecule has 0 spiro atoms. The molecular formula is C20H25NO4. The first-order valence-corrected chi connectivity index (χ1v) is 8.43. The largest absolute Gasteiger partial charge is 0.425 e. The van der Waals surface area contributed by atoms with E-state index in [1.54, 1.807) is 20.8 Å². The van der Waals surface area contributed by atoms with Gasteiger partial charge in [0.15, 0.2) is 0 Å². The summed E-state index contributed by atoms with van der Waals surface area (Å²) in [6.45, 7) is 6.88. The van der Waals surface area contributed by atoms with Crippen molar-refractivity contribution >= 4 is 12.1 Å². The summed E-state index contributed by atoms with van der Waals surface area (Å²) in [4.78, 5) is 26.0. The molecule has 0 N–H and O–H groups in total. The summed E-state index contributed by atoms with van der Waals surface area (Å²) in [5.74, 6) is 2.08. The zero-order valence-electron chi connectivity index (χ0n) is 15.2. The predicted molar refractivity (Wildman–Crippen MR) is 94.5 cm³/mol. The molecule has 0 aromatic heterocycles. The van der Waals surface area contributed by atoms with Crippen molar-refractivity contribution in [3.05, 3.63) is 35.4 Å². The number of terminal acetylenes is 1. The van der Waals surface area contributed by atoms with Crippen LogP contribution in [-0.2, 0) is 20.7 Å². The molecule has 0 aliphatic heterocycles. The molecular weight excluding hydrogens is 318 g/mol. The van der Waals surface area contributed by atoms with Gasteiger partial charge in [0.2, 0.25) is 6.29 Å². The SMILES string of the molecule is C#CCN(C(=O)OC(C)OC(=O)C(C)(C)C)[C@@H]1CCc2ccccc21. The van der Waals surface area contributed by atoms with Gasteiger partial charge in [0.05, 0.1) is 18.0 Å². The molecule has 5 heteroatoms. The lowest BCUT2D eigenvalue weighted by molar-refractivity contribution is -0.175. The van der Waals surface area contributed by atoms with E-state index in [2.05, 4.69) is 12.0 Å². The first-order chi connectivity index (χ1) is 11.7. The minimum absolute atomic E-state index is 0.120. The molecule has 0 heterocycles. The highest BCUT2D eigenvalue weighted by Gasteiger charge is 2.33. The van der Waals surface area contributed by atoms with Crippen LogP contribution in [0.4, 0.5) is 4.79 Å². The molecule has 0 saturated heterocycles. The molecule has 134 valence electrons. The van der Waals surface area contributed by atoms with Crippen molar-refractivity contribution in [1.29, 1.82) is 0 Å². The van der Waals surface area contributed by atoms with Crippen LogP contribution in [-0.4, -0.2) is 29.8 Å². The maximum absolute atomic E-state index is 12.6. The van der Waals surface area contributed by atoms with Crippen molar-refractivity contribution in [1.82, 2.24) is 4.90 Å². The van der Waals surface area contributed by atoms with E-state index in [0.29, 0.717) is 0 Å². The second kappa shape index (κ2) is 7.60. The number of nitrogens with zero attached hydrogens (tertiary/aromatic N) is 1. The highest BCUT2D eigenvalue weighted by Crippen LogP contribution is 2.35. The third kappa shape index (κ3) is 4.54. The topological polar surface area (TPSA) is 55.8 Å². The Labute approximate surface area is 149 Å². The van der Waals surface area contributed by atoms with E-state index in [1.165, 1.54) is 17.4 Å². The first-order valence-electron chi connectivity index (χ1n) is 8.43. The maximum Gasteiger partial charge on any atom is 0.414 e. The number of esters is 1. The van der Waals surface area contributed by atoms with Crippen LogP contribution in [0.25, 0.3) is 0 Å². The monoisotopic (exact) mass is 343 g/mol. The lowest BCUT2D eigenvalue weighted by atomic mass is 9.97. The van der Waals surface area contributed by atoms with Crippen molar-refractivity contribution in [2.45, 2.75) is 52.9 Å². The van der Waals surface area contributed by atoms with Crippen LogP contribution in [0.3, 0.4) is 0 Å². The van der Waals surface area contributed by atoms with Crippen molar-refractivity contribution in [3.8, 4) is 12.3 Å². The summed E-state index contributed by atoms with van der Waals surface area (Å²) in [5, 5.41) is 0. The summed E-state index contributed by atoms with van der Waals surface area (Å²) in [7, 11) is 0. The van der Waals surface area contributed by atoms with Gasteiger partial charge in [-0.25, -0.2) is 4.79 Å². The van der Waals surface area contributed by atoms with Gasteiger partial charge in [-0.2, -0.15) is 0 Å². The van der Waals surface area contributed by atoms with E-state index in [1.807, 2.05) is 18.2 Å². The summed E-state index contributed by atoms with van der Waals surface area (Å²) in [6.07, 6.45) is 5.58. The van der Waals surface area contributed by atoms with Gasteiger partial charge in [-0.3, -0.25) is 9.69 Å². The molecule has 1 amide bonds. The Morgan fingerprint density at radius 3 is 2.64 bits per heavy atom. The van der Waals surface area contributed by atoms with Crippen LogP contribution in [0.1, 0.15) is 51.3 Å². The lowest BCUT2D eigenvalue weighted by Gasteiger charge is -2.29. The Kier molecular flexibility index (Phi) is 5.73.